The molecule has 1 radical (unpaired) electrons. The Morgan fingerprint density at radius 2 is 2.64 bits per heavy atom. The smallest absolute Gasteiger partial charge is 0.329 e. The van der Waals surface area contributed by atoms with Crippen LogP contribution in [0.3, 0.4) is 0 Å². The number of nitrogens with zero attached hydrogens (tertiary/aromatic N) is 2. The quantitative estimate of drug-likeness (QED) is 0.402. The highest BCUT2D eigenvalue weighted by molar-refractivity contribution is 5.62. The number of rotatable bonds is 3. The minimum absolute atomic E-state index is 0.599. The van der Waals surface area contributed by atoms with Crippen LogP contribution in [0.4, 0.5) is 0 Å². The molecule has 0 atom stereocenters. The van der Waals surface area contributed by atoms with Gasteiger partial charge in [0, 0.05) is 19.5 Å². The molecular weight excluding hydrogens is 144 g/mol. The molecule has 5 nitrogen and oxygen atoms in total. The largest absolute Gasteiger partial charge is 0.372 e. The van der Waals surface area contributed by atoms with E-state index in [-0.39, 0.29) is 0 Å². The van der Waals surface area contributed by atoms with Gasteiger partial charge in [-0.05, 0) is 0 Å². The van der Waals surface area contributed by atoms with Crippen molar-refractivity contribution < 1.29 is 4.79 Å². The van der Waals surface area contributed by atoms with Gasteiger partial charge in [-0.2, -0.15) is 0 Å². The fraction of sp³-hybridized carbons (Fsp3) is 0.333. The lowest BCUT2D eigenvalue weighted by Gasteiger charge is -2.16. The van der Waals surface area contributed by atoms with E-state index in [1.807, 2.05) is 11.9 Å². The lowest BCUT2D eigenvalue weighted by Crippen LogP contribution is -2.32. The van der Waals surface area contributed by atoms with E-state index in [0.717, 1.165) is 6.54 Å². The molecule has 0 aromatic carbocycles. The molecule has 0 saturated carbocycles. The zero-order valence-electron chi connectivity index (χ0n) is 6.16. The van der Waals surface area contributed by atoms with Crippen LogP contribution in [0.2, 0.25) is 0 Å². The highest BCUT2D eigenvalue weighted by Crippen LogP contribution is 1.96. The number of hydrogen-bond donors (Lipinski definition) is 2. The van der Waals surface area contributed by atoms with E-state index < -0.39 is 0 Å². The molecule has 0 fully saturated rings. The second-order valence-corrected chi connectivity index (χ2v) is 2.12. The average molecular weight is 153 g/mol. The highest BCUT2D eigenvalue weighted by atomic mass is 16.1. The monoisotopic (exact) mass is 153 g/mol. The first-order chi connectivity index (χ1) is 5.33. The SMILES string of the molecule is CN1C=C(NN[C]=O)N=CC1. The maximum atomic E-state index is 9.74. The molecule has 1 aliphatic rings. The van der Waals surface area contributed by atoms with Crippen molar-refractivity contribution in [2.24, 2.45) is 4.99 Å². The van der Waals surface area contributed by atoms with Crippen molar-refractivity contribution in [2.75, 3.05) is 13.6 Å². The van der Waals surface area contributed by atoms with Gasteiger partial charge < -0.3 is 4.90 Å². The van der Waals surface area contributed by atoms with E-state index in [1.165, 1.54) is 6.41 Å². The van der Waals surface area contributed by atoms with Gasteiger partial charge >= 0.3 is 6.41 Å². The van der Waals surface area contributed by atoms with E-state index in [9.17, 15) is 4.79 Å². The number of hydrogen-bond acceptors (Lipinski definition) is 4. The van der Waals surface area contributed by atoms with Crippen LogP contribution in [-0.4, -0.2) is 31.1 Å². The second-order valence-electron chi connectivity index (χ2n) is 2.12. The van der Waals surface area contributed by atoms with Gasteiger partial charge in [-0.15, -0.1) is 0 Å². The topological polar surface area (TPSA) is 56.7 Å². The van der Waals surface area contributed by atoms with Crippen LogP contribution < -0.4 is 10.9 Å². The van der Waals surface area contributed by atoms with Gasteiger partial charge in [-0.1, -0.05) is 0 Å². The van der Waals surface area contributed by atoms with Gasteiger partial charge in [-0.3, -0.25) is 15.6 Å². The van der Waals surface area contributed by atoms with E-state index in [2.05, 4.69) is 15.8 Å². The number of amides is 1. The van der Waals surface area contributed by atoms with Crippen LogP contribution in [0.1, 0.15) is 0 Å². The van der Waals surface area contributed by atoms with Crippen LogP contribution in [0, 0.1) is 0 Å². The van der Waals surface area contributed by atoms with E-state index >= 15 is 0 Å². The first kappa shape index (κ1) is 7.59. The van der Waals surface area contributed by atoms with Crippen molar-refractivity contribution in [3.8, 4) is 0 Å². The van der Waals surface area contributed by atoms with Gasteiger partial charge in [-0.25, -0.2) is 4.99 Å². The van der Waals surface area contributed by atoms with Crippen LogP contribution in [0.5, 0.6) is 0 Å². The zero-order valence-corrected chi connectivity index (χ0v) is 6.16. The predicted octanol–water partition coefficient (Wildman–Crippen LogP) is -1.04. The molecule has 5 heteroatoms. The standard InChI is InChI=1S/C6H9N4O/c1-10-3-2-7-6(4-10)9-8-5-11/h2,4,9H,3H2,1H3,(H,8,11). The summed E-state index contributed by atoms with van der Waals surface area (Å²) in [5.74, 6) is 0.599. The number of hydrazine groups is 1. The molecule has 1 amide bonds. The summed E-state index contributed by atoms with van der Waals surface area (Å²) < 4.78 is 0. The molecule has 0 aromatic rings. The van der Waals surface area contributed by atoms with Crippen LogP contribution >= 0.6 is 0 Å². The Bertz CT molecular complexity index is 199. The maximum Gasteiger partial charge on any atom is 0.329 e. The summed E-state index contributed by atoms with van der Waals surface area (Å²) in [5, 5.41) is 0. The van der Waals surface area contributed by atoms with Crippen LogP contribution in [0.15, 0.2) is 17.0 Å². The first-order valence-electron chi connectivity index (χ1n) is 3.15. The Morgan fingerprint density at radius 1 is 1.82 bits per heavy atom. The molecule has 1 heterocycles. The number of aliphatic imine (C=N–C) groups is 1. The third kappa shape index (κ3) is 2.29. The van der Waals surface area contributed by atoms with Crippen molar-refractivity contribution in [3.63, 3.8) is 0 Å². The Hall–Kier alpha value is -1.52. The fourth-order valence-corrected chi connectivity index (χ4v) is 0.717. The minimum Gasteiger partial charge on any atom is -0.372 e. The Morgan fingerprint density at radius 3 is 3.27 bits per heavy atom. The number of nitrogens with one attached hydrogen (secondary N) is 2. The van der Waals surface area contributed by atoms with Gasteiger partial charge in [0.05, 0.1) is 6.54 Å². The van der Waals surface area contributed by atoms with E-state index in [4.69, 9.17) is 0 Å². The summed E-state index contributed by atoms with van der Waals surface area (Å²) in [4.78, 5) is 15.6. The molecule has 11 heavy (non-hydrogen) atoms. The Balaban J connectivity index is 2.43. The molecule has 1 aliphatic heterocycles. The first-order valence-corrected chi connectivity index (χ1v) is 3.15. The third-order valence-corrected chi connectivity index (χ3v) is 1.18. The summed E-state index contributed by atoms with van der Waals surface area (Å²) in [7, 11) is 1.91. The molecule has 59 valence electrons. The van der Waals surface area contributed by atoms with Crippen molar-refractivity contribution in [2.45, 2.75) is 0 Å². The Labute approximate surface area is 64.8 Å². The van der Waals surface area contributed by atoms with Gasteiger partial charge in [0.15, 0.2) is 5.82 Å². The molecule has 0 aromatic heterocycles. The lowest BCUT2D eigenvalue weighted by atomic mass is 10.5. The van der Waals surface area contributed by atoms with Crippen LogP contribution in [-0.2, 0) is 4.79 Å². The summed E-state index contributed by atoms with van der Waals surface area (Å²) in [6.45, 7) is 0.788. The normalized spacial score (nSPS) is 15.7. The molecule has 2 N–H and O–H groups in total. The van der Waals surface area contributed by atoms with E-state index in [0.29, 0.717) is 5.82 Å². The second kappa shape index (κ2) is 3.60. The summed E-state index contributed by atoms with van der Waals surface area (Å²) in [6, 6.07) is 0. The van der Waals surface area contributed by atoms with Crippen molar-refractivity contribution in [1.82, 2.24) is 15.8 Å². The molecule has 0 unspecified atom stereocenters. The van der Waals surface area contributed by atoms with Crippen molar-refractivity contribution in [3.05, 3.63) is 12.0 Å². The van der Waals surface area contributed by atoms with E-state index in [1.54, 1.807) is 12.4 Å². The highest BCUT2D eigenvalue weighted by Gasteiger charge is 1.99. The molecule has 0 aliphatic carbocycles. The molecule has 0 saturated heterocycles. The maximum absolute atomic E-state index is 9.74. The third-order valence-electron chi connectivity index (χ3n) is 1.18. The number of carbonyl (C=O) groups excluding carboxylic acids is 1. The Kier molecular flexibility index (Phi) is 2.48. The van der Waals surface area contributed by atoms with Crippen LogP contribution in [0.25, 0.3) is 0 Å². The molecule has 1 rings (SSSR count). The lowest BCUT2D eigenvalue weighted by molar-refractivity contribution is 0.497. The molecular formula is C6H9N4O. The van der Waals surface area contributed by atoms with Gasteiger partial charge in [0.2, 0.25) is 0 Å². The zero-order chi connectivity index (χ0) is 8.10. The summed E-state index contributed by atoms with van der Waals surface area (Å²) in [6.07, 6.45) is 5.01. The van der Waals surface area contributed by atoms with Gasteiger partial charge in [0.1, 0.15) is 0 Å². The summed E-state index contributed by atoms with van der Waals surface area (Å²) >= 11 is 0. The average Bonchev–Trinajstić information content (AvgIpc) is 2.01. The molecule has 0 spiro atoms. The molecule has 0 bridgehead atoms. The van der Waals surface area contributed by atoms with Gasteiger partial charge in [0.25, 0.3) is 0 Å². The van der Waals surface area contributed by atoms with Crippen molar-refractivity contribution >= 4 is 12.6 Å². The summed E-state index contributed by atoms with van der Waals surface area (Å²) in [5.41, 5.74) is 4.72. The predicted molar refractivity (Wildman–Crippen MR) is 41.2 cm³/mol. The van der Waals surface area contributed by atoms with Crippen molar-refractivity contribution in [1.29, 1.82) is 0 Å². The fourth-order valence-electron chi connectivity index (χ4n) is 0.717. The minimum atomic E-state index is 0.599.